The van der Waals surface area contributed by atoms with Gasteiger partial charge in [0.15, 0.2) is 0 Å². The van der Waals surface area contributed by atoms with Gasteiger partial charge in [0.25, 0.3) is 0 Å². The summed E-state index contributed by atoms with van der Waals surface area (Å²) >= 11 is -0.243. The van der Waals surface area contributed by atoms with Gasteiger partial charge in [0.05, 0.1) is 5.57 Å². The standard InChI is InChI=1S/C6H4F3I/c7-6(8,9)5-1-3-10-4-2-5/h1-4H. The van der Waals surface area contributed by atoms with E-state index in [0.717, 1.165) is 12.2 Å². The first-order valence-corrected chi connectivity index (χ1v) is 4.99. The van der Waals surface area contributed by atoms with Crippen molar-refractivity contribution >= 4 is 24.7 Å². The third-order valence-electron chi connectivity index (χ3n) is 0.958. The molecule has 1 rings (SSSR count). The molecule has 0 fully saturated rings. The molecule has 0 spiro atoms. The zero-order chi connectivity index (χ0) is 7.61. The highest BCUT2D eigenvalue weighted by Gasteiger charge is 2.31. The number of rotatable bonds is 0. The lowest BCUT2D eigenvalue weighted by Gasteiger charge is -2.06. The van der Waals surface area contributed by atoms with Crippen molar-refractivity contribution in [1.82, 2.24) is 0 Å². The predicted molar refractivity (Wildman–Crippen MR) is 43.4 cm³/mol. The molecule has 56 valence electrons. The van der Waals surface area contributed by atoms with Crippen molar-refractivity contribution in [1.29, 1.82) is 0 Å². The van der Waals surface area contributed by atoms with Gasteiger partial charge >= 0.3 is 6.18 Å². The number of halogens is 4. The van der Waals surface area contributed by atoms with E-state index in [1.807, 2.05) is 0 Å². The molecule has 0 bridgehead atoms. The quantitative estimate of drug-likeness (QED) is 0.587. The van der Waals surface area contributed by atoms with E-state index in [1.165, 1.54) is 0 Å². The predicted octanol–water partition coefficient (Wildman–Crippen LogP) is 2.78. The van der Waals surface area contributed by atoms with Crippen molar-refractivity contribution in [3.8, 4) is 0 Å². The van der Waals surface area contributed by atoms with E-state index >= 15 is 0 Å². The second-order valence-corrected chi connectivity index (χ2v) is 3.82. The van der Waals surface area contributed by atoms with Crippen LogP contribution in [0.15, 0.2) is 21.8 Å². The molecule has 0 aliphatic carbocycles. The lowest BCUT2D eigenvalue weighted by Crippen LogP contribution is -2.10. The van der Waals surface area contributed by atoms with Gasteiger partial charge in [-0.2, -0.15) is 13.2 Å². The fraction of sp³-hybridized carbons (Fsp3) is 0.167. The zero-order valence-corrected chi connectivity index (χ0v) is 6.98. The minimum absolute atomic E-state index is 0.243. The first-order valence-electron chi connectivity index (χ1n) is 2.50. The summed E-state index contributed by atoms with van der Waals surface area (Å²) in [6, 6.07) is 0. The van der Waals surface area contributed by atoms with Crippen LogP contribution < -0.4 is 0 Å². The van der Waals surface area contributed by atoms with Crippen LogP contribution in [0.2, 0.25) is 0 Å². The summed E-state index contributed by atoms with van der Waals surface area (Å²) in [4.78, 5) is 0. The Labute approximate surface area is 66.2 Å². The molecule has 0 saturated carbocycles. The third kappa shape index (κ3) is 1.93. The smallest absolute Gasteiger partial charge is 0.166 e. The van der Waals surface area contributed by atoms with Gasteiger partial charge in [-0.3, -0.25) is 0 Å². The molecule has 0 aromatic rings. The van der Waals surface area contributed by atoms with Crippen LogP contribution in [0.4, 0.5) is 13.2 Å². The molecule has 1 heterocycles. The first-order chi connectivity index (χ1) is 4.61. The molecule has 0 N–H and O–H groups in total. The van der Waals surface area contributed by atoms with Crippen LogP contribution in [-0.2, 0) is 0 Å². The number of alkyl halides is 3. The summed E-state index contributed by atoms with van der Waals surface area (Å²) in [6.45, 7) is 0. The molecule has 0 radical (unpaired) electrons. The Balaban J connectivity index is 2.85. The third-order valence-corrected chi connectivity index (χ3v) is 2.51. The average molecular weight is 260 g/mol. The number of hydrogen-bond acceptors (Lipinski definition) is 0. The van der Waals surface area contributed by atoms with Crippen LogP contribution in [0.3, 0.4) is 0 Å². The van der Waals surface area contributed by atoms with Crippen LogP contribution in [0.25, 0.3) is 0 Å². The van der Waals surface area contributed by atoms with Gasteiger partial charge in [-0.25, -0.2) is 0 Å². The Morgan fingerprint density at radius 1 is 1.30 bits per heavy atom. The summed E-state index contributed by atoms with van der Waals surface area (Å²) in [6.07, 6.45) is -1.88. The van der Waals surface area contributed by atoms with Crippen molar-refractivity contribution in [2.24, 2.45) is 0 Å². The number of hydrogen-bond donors (Lipinski definition) is 0. The van der Waals surface area contributed by atoms with Crippen molar-refractivity contribution in [3.05, 3.63) is 21.8 Å². The van der Waals surface area contributed by atoms with Crippen LogP contribution in [-0.4, -0.2) is 10.2 Å². The van der Waals surface area contributed by atoms with Gasteiger partial charge in [0.1, 0.15) is 0 Å². The van der Waals surface area contributed by atoms with Gasteiger partial charge in [0, 0.05) is 0 Å². The Hall–Kier alpha value is -0.130. The largest absolute Gasteiger partial charge is 0.416 e. The van der Waals surface area contributed by atoms with Gasteiger partial charge in [-0.1, -0.05) is 20.7 Å². The highest BCUT2D eigenvalue weighted by Crippen LogP contribution is 2.28. The van der Waals surface area contributed by atoms with Crippen LogP contribution in [0, 0.1) is 0 Å². The molecule has 0 atom stereocenters. The normalized spacial score (nSPS) is 18.1. The first kappa shape index (κ1) is 7.97. The molecule has 4 heteroatoms. The van der Waals surface area contributed by atoms with E-state index in [2.05, 4.69) is 0 Å². The molecule has 0 saturated heterocycles. The van der Waals surface area contributed by atoms with Crippen LogP contribution >= 0.6 is 20.7 Å². The maximum absolute atomic E-state index is 11.8. The minimum atomic E-state index is -4.17. The van der Waals surface area contributed by atoms with Gasteiger partial charge in [-0.15, -0.1) is 0 Å². The van der Waals surface area contributed by atoms with E-state index in [-0.39, 0.29) is 20.7 Å². The fourth-order valence-electron chi connectivity index (χ4n) is 0.495. The lowest BCUT2D eigenvalue weighted by molar-refractivity contribution is -0.0880. The molecule has 0 nitrogen and oxygen atoms in total. The van der Waals surface area contributed by atoms with Crippen molar-refractivity contribution in [2.45, 2.75) is 6.18 Å². The van der Waals surface area contributed by atoms with Gasteiger partial charge in [-0.05, 0) is 20.2 Å². The summed E-state index contributed by atoms with van der Waals surface area (Å²) in [5, 5.41) is 0. The maximum Gasteiger partial charge on any atom is 0.416 e. The van der Waals surface area contributed by atoms with Crippen molar-refractivity contribution in [3.63, 3.8) is 0 Å². The second kappa shape index (κ2) is 2.86. The molecule has 0 aromatic heterocycles. The molecule has 0 aromatic carbocycles. The number of allylic oxidation sites excluding steroid dienone is 3. The summed E-state index contributed by atoms with van der Waals surface area (Å²) in [7, 11) is 0. The van der Waals surface area contributed by atoms with Crippen molar-refractivity contribution in [2.75, 3.05) is 0 Å². The Morgan fingerprint density at radius 3 is 2.30 bits per heavy atom. The topological polar surface area (TPSA) is 0 Å². The highest BCUT2D eigenvalue weighted by atomic mass is 127. The Morgan fingerprint density at radius 2 is 2.00 bits per heavy atom. The molecule has 10 heavy (non-hydrogen) atoms. The van der Waals surface area contributed by atoms with E-state index in [9.17, 15) is 13.2 Å². The minimum Gasteiger partial charge on any atom is -0.166 e. The zero-order valence-electron chi connectivity index (χ0n) is 4.82. The molecule has 1 aliphatic rings. The van der Waals surface area contributed by atoms with Gasteiger partial charge < -0.3 is 0 Å². The fourth-order valence-corrected chi connectivity index (χ4v) is 1.92. The molecule has 1 aliphatic heterocycles. The molecular formula is C6H4F3I. The van der Waals surface area contributed by atoms with E-state index in [4.69, 9.17) is 0 Å². The second-order valence-electron chi connectivity index (χ2n) is 1.66. The van der Waals surface area contributed by atoms with E-state index in [0.29, 0.717) is 0 Å². The molecule has 0 amide bonds. The lowest BCUT2D eigenvalue weighted by atomic mass is 10.2. The highest BCUT2D eigenvalue weighted by molar-refractivity contribution is 14.2. The monoisotopic (exact) mass is 260 g/mol. The Kier molecular flexibility index (Phi) is 2.28. The summed E-state index contributed by atoms with van der Waals surface area (Å²) in [5.74, 6) is 0. The maximum atomic E-state index is 11.8. The van der Waals surface area contributed by atoms with Crippen LogP contribution in [0.5, 0.6) is 0 Å². The summed E-state index contributed by atoms with van der Waals surface area (Å²) in [5.41, 5.74) is -0.543. The summed E-state index contributed by atoms with van der Waals surface area (Å²) < 4.78 is 38.6. The Bertz CT molecular complexity index is 210. The van der Waals surface area contributed by atoms with E-state index < -0.39 is 11.7 Å². The molecule has 0 unspecified atom stereocenters. The molecular weight excluding hydrogens is 256 g/mol. The van der Waals surface area contributed by atoms with Crippen molar-refractivity contribution < 1.29 is 13.2 Å². The van der Waals surface area contributed by atoms with Gasteiger partial charge in [0.2, 0.25) is 0 Å². The SMILES string of the molecule is FC(F)(F)C1=CC=IC=C1. The average Bonchev–Trinajstić information content (AvgIpc) is 1.88. The van der Waals surface area contributed by atoms with E-state index in [1.54, 1.807) is 8.09 Å². The van der Waals surface area contributed by atoms with Crippen LogP contribution in [0.1, 0.15) is 0 Å².